The molecule has 0 fully saturated rings. The maximum Gasteiger partial charge on any atom is 0.414 e. The van der Waals surface area contributed by atoms with E-state index in [0.29, 0.717) is 16.4 Å². The average molecular weight is 379 g/mol. The molecule has 0 aromatic rings. The number of halogens is 1. The van der Waals surface area contributed by atoms with Crippen molar-refractivity contribution in [3.8, 4) is 0 Å². The molecule has 0 aromatic heterocycles. The smallest absolute Gasteiger partial charge is 0.414 e. The number of hydrogen-bond donors (Lipinski definition) is 0. The van der Waals surface area contributed by atoms with E-state index >= 15 is 0 Å². The fraction of sp³-hybridized carbons (Fsp3) is 0.714. The number of amides is 1. The Kier molecular flexibility index (Phi) is 5.41. The van der Waals surface area contributed by atoms with Crippen molar-refractivity contribution in [1.82, 2.24) is 4.90 Å². The maximum atomic E-state index is 12.3. The number of rotatable bonds is 2. The van der Waals surface area contributed by atoms with Crippen LogP contribution in [0.4, 0.5) is 4.79 Å². The van der Waals surface area contributed by atoms with Gasteiger partial charge >= 0.3 is 6.09 Å². The maximum absolute atomic E-state index is 12.3. The van der Waals surface area contributed by atoms with Crippen LogP contribution in [0.25, 0.3) is 0 Å². The number of Topliss-reactive ketones (excluding diaryl/α,β-unsaturated/α-hetero) is 1. The van der Waals surface area contributed by atoms with Gasteiger partial charge in [0, 0.05) is 18.2 Å². The molecule has 1 aliphatic heterocycles. The molecule has 1 atom stereocenters. The number of hydrogen-bond acceptors (Lipinski definition) is 3. The van der Waals surface area contributed by atoms with Crippen LogP contribution in [0, 0.1) is 0 Å². The molecule has 5 heteroatoms. The Labute approximate surface area is 128 Å². The van der Waals surface area contributed by atoms with E-state index < -0.39 is 5.60 Å². The summed E-state index contributed by atoms with van der Waals surface area (Å²) in [5.41, 5.74) is 0.280. The van der Waals surface area contributed by atoms with E-state index in [0.717, 1.165) is 12.1 Å². The summed E-state index contributed by atoms with van der Waals surface area (Å²) in [6.07, 6.45) is 1.62. The first-order valence-electron chi connectivity index (χ1n) is 6.61. The van der Waals surface area contributed by atoms with Gasteiger partial charge in [-0.3, -0.25) is 9.69 Å². The number of ketones is 1. The molecule has 0 saturated carbocycles. The third kappa shape index (κ3) is 4.19. The number of allylic oxidation sites excluding steroid dienone is 2. The summed E-state index contributed by atoms with van der Waals surface area (Å²) >= 11 is 2.04. The van der Waals surface area contributed by atoms with E-state index in [1.807, 2.05) is 57.2 Å². The summed E-state index contributed by atoms with van der Waals surface area (Å²) in [6.45, 7) is 9.46. The van der Waals surface area contributed by atoms with Crippen molar-refractivity contribution >= 4 is 34.5 Å². The van der Waals surface area contributed by atoms with Crippen LogP contribution in [0.5, 0.6) is 0 Å². The Morgan fingerprint density at radius 1 is 1.47 bits per heavy atom. The Bertz CT molecular complexity index is 409. The molecule has 0 bridgehead atoms. The lowest BCUT2D eigenvalue weighted by Gasteiger charge is -2.36. The summed E-state index contributed by atoms with van der Waals surface area (Å²) in [5, 5.41) is 0. The minimum absolute atomic E-state index is 0.122. The highest BCUT2D eigenvalue weighted by Crippen LogP contribution is 2.32. The third-order valence-corrected chi connectivity index (χ3v) is 4.01. The van der Waals surface area contributed by atoms with Crippen LogP contribution in [-0.2, 0) is 9.53 Å². The third-order valence-electron chi connectivity index (χ3n) is 2.79. The lowest BCUT2D eigenvalue weighted by molar-refractivity contribution is -0.116. The van der Waals surface area contributed by atoms with Gasteiger partial charge < -0.3 is 4.74 Å². The minimum atomic E-state index is -0.527. The predicted molar refractivity (Wildman–Crippen MR) is 83.1 cm³/mol. The Hall–Kier alpha value is -0.590. The van der Waals surface area contributed by atoms with Crippen LogP contribution in [0.3, 0.4) is 0 Å². The van der Waals surface area contributed by atoms with Gasteiger partial charge in [-0.1, -0.05) is 13.3 Å². The van der Waals surface area contributed by atoms with E-state index in [-0.39, 0.29) is 17.9 Å². The fourth-order valence-corrected chi connectivity index (χ4v) is 2.80. The highest BCUT2D eigenvalue weighted by atomic mass is 127. The van der Waals surface area contributed by atoms with Gasteiger partial charge in [-0.05, 0) is 56.7 Å². The summed E-state index contributed by atoms with van der Waals surface area (Å²) in [7, 11) is 0. The number of carbonyl (C=O) groups excluding carboxylic acids is 2. The van der Waals surface area contributed by atoms with Gasteiger partial charge in [0.15, 0.2) is 5.78 Å². The topological polar surface area (TPSA) is 46.6 Å². The van der Waals surface area contributed by atoms with Crippen molar-refractivity contribution in [3.05, 3.63) is 9.28 Å². The lowest BCUT2D eigenvalue weighted by Crippen LogP contribution is -2.45. The second-order valence-electron chi connectivity index (χ2n) is 5.84. The van der Waals surface area contributed by atoms with Crippen LogP contribution in [0.1, 0.15) is 53.9 Å². The summed E-state index contributed by atoms with van der Waals surface area (Å²) in [5.74, 6) is 0.122. The molecule has 1 heterocycles. The fourth-order valence-electron chi connectivity index (χ4n) is 2.05. The second kappa shape index (κ2) is 6.24. The van der Waals surface area contributed by atoms with Crippen molar-refractivity contribution < 1.29 is 14.3 Å². The zero-order chi connectivity index (χ0) is 14.8. The Morgan fingerprint density at radius 3 is 2.53 bits per heavy atom. The number of ether oxygens (including phenoxy) is 1. The largest absolute Gasteiger partial charge is 0.443 e. The number of nitrogens with zero attached hydrogens (tertiary/aromatic N) is 1. The van der Waals surface area contributed by atoms with Gasteiger partial charge in [0.2, 0.25) is 0 Å². The molecule has 1 rings (SSSR count). The molecule has 4 nitrogen and oxygen atoms in total. The second-order valence-corrected chi connectivity index (χ2v) is 6.92. The molecule has 0 aliphatic carbocycles. The van der Waals surface area contributed by atoms with Crippen LogP contribution in [0.2, 0.25) is 0 Å². The van der Waals surface area contributed by atoms with E-state index in [1.165, 1.54) is 0 Å². The molecule has 0 aromatic carbocycles. The predicted octanol–water partition coefficient (Wildman–Crippen LogP) is 4.03. The van der Waals surface area contributed by atoms with Crippen molar-refractivity contribution in [2.75, 3.05) is 0 Å². The molecule has 0 radical (unpaired) electrons. The Morgan fingerprint density at radius 2 is 2.05 bits per heavy atom. The molecular weight excluding hydrogens is 357 g/mol. The van der Waals surface area contributed by atoms with Gasteiger partial charge in [-0.25, -0.2) is 4.79 Å². The minimum Gasteiger partial charge on any atom is -0.443 e. The lowest BCUT2D eigenvalue weighted by atomic mass is 10.0. The normalized spacial score (nSPS) is 20.8. The monoisotopic (exact) mass is 379 g/mol. The van der Waals surface area contributed by atoms with Gasteiger partial charge in [0.1, 0.15) is 5.60 Å². The average Bonchev–Trinajstić information content (AvgIpc) is 2.23. The van der Waals surface area contributed by atoms with Gasteiger partial charge in [0.25, 0.3) is 0 Å². The summed E-state index contributed by atoms with van der Waals surface area (Å²) < 4.78 is 6.12. The van der Waals surface area contributed by atoms with Crippen LogP contribution >= 0.6 is 22.6 Å². The van der Waals surface area contributed by atoms with Crippen molar-refractivity contribution in [2.45, 2.75) is 65.5 Å². The first kappa shape index (κ1) is 16.5. The standard InChI is InChI=1S/C14H22INO3/c1-6-7-10-12(15)11(17)8-9(2)16(10)13(18)19-14(3,4)5/h9H,6-8H2,1-5H3/t9-/m0/s1. The first-order valence-corrected chi connectivity index (χ1v) is 7.69. The quantitative estimate of drug-likeness (QED) is 0.681. The van der Waals surface area contributed by atoms with E-state index in [2.05, 4.69) is 0 Å². The Balaban J connectivity index is 3.07. The highest BCUT2D eigenvalue weighted by Gasteiger charge is 2.35. The molecule has 0 N–H and O–H groups in total. The van der Waals surface area contributed by atoms with Gasteiger partial charge in [-0.15, -0.1) is 0 Å². The van der Waals surface area contributed by atoms with Crippen LogP contribution in [-0.4, -0.2) is 28.4 Å². The van der Waals surface area contributed by atoms with E-state index in [4.69, 9.17) is 4.74 Å². The van der Waals surface area contributed by atoms with Crippen molar-refractivity contribution in [2.24, 2.45) is 0 Å². The molecule has 0 saturated heterocycles. The summed E-state index contributed by atoms with van der Waals surface area (Å²) in [4.78, 5) is 25.9. The zero-order valence-corrected chi connectivity index (χ0v) is 14.4. The molecule has 108 valence electrons. The highest BCUT2D eigenvalue weighted by molar-refractivity contribution is 14.1. The van der Waals surface area contributed by atoms with Crippen LogP contribution in [0.15, 0.2) is 9.28 Å². The molecule has 0 spiro atoms. The SMILES string of the molecule is CCCC1=C(I)C(=O)C[C@H](C)N1C(=O)OC(C)(C)C. The van der Waals surface area contributed by atoms with Crippen molar-refractivity contribution in [3.63, 3.8) is 0 Å². The summed E-state index contributed by atoms with van der Waals surface area (Å²) in [6, 6.07) is -0.137. The zero-order valence-electron chi connectivity index (χ0n) is 12.2. The molecule has 0 unspecified atom stereocenters. The number of carbonyl (C=O) groups is 2. The molecule has 19 heavy (non-hydrogen) atoms. The van der Waals surface area contributed by atoms with Gasteiger partial charge in [0.05, 0.1) is 3.58 Å². The molecule has 1 aliphatic rings. The van der Waals surface area contributed by atoms with Crippen LogP contribution < -0.4 is 0 Å². The van der Waals surface area contributed by atoms with Gasteiger partial charge in [-0.2, -0.15) is 0 Å². The van der Waals surface area contributed by atoms with Crippen molar-refractivity contribution in [1.29, 1.82) is 0 Å². The first-order chi connectivity index (χ1) is 8.67. The molecular formula is C14H22INO3. The molecule has 1 amide bonds. The van der Waals surface area contributed by atoms with E-state index in [1.54, 1.807) is 4.90 Å². The van der Waals surface area contributed by atoms with E-state index in [9.17, 15) is 9.59 Å².